The number of ether oxygens (including phenoxy) is 1. The van der Waals surface area contributed by atoms with Crippen LogP contribution >= 0.6 is 23.4 Å². The SMILES string of the molecule is CCCCOC(=O)C(C)Sc1cc(NC(=O)C(CC)CC)c(F)cc1Cl. The number of hydrogen-bond acceptors (Lipinski definition) is 4. The Morgan fingerprint density at radius 3 is 2.50 bits per heavy atom. The molecule has 0 aromatic heterocycles. The molecule has 1 aromatic carbocycles. The van der Waals surface area contributed by atoms with Crippen LogP contribution < -0.4 is 5.32 Å². The van der Waals surface area contributed by atoms with Crippen LogP contribution in [-0.2, 0) is 14.3 Å². The number of nitrogens with one attached hydrogen (secondary N) is 1. The van der Waals surface area contributed by atoms with E-state index in [2.05, 4.69) is 5.32 Å². The maximum atomic E-state index is 14.2. The first-order chi connectivity index (χ1) is 12.3. The third kappa shape index (κ3) is 6.80. The summed E-state index contributed by atoms with van der Waals surface area (Å²) in [4.78, 5) is 24.7. The fourth-order valence-electron chi connectivity index (χ4n) is 2.28. The van der Waals surface area contributed by atoms with Crippen LogP contribution in [-0.4, -0.2) is 23.7 Å². The van der Waals surface area contributed by atoms with Gasteiger partial charge >= 0.3 is 5.97 Å². The summed E-state index contributed by atoms with van der Waals surface area (Å²) in [6.45, 7) is 7.94. The van der Waals surface area contributed by atoms with Gasteiger partial charge in [0.1, 0.15) is 11.1 Å². The number of halogens is 2. The molecule has 7 heteroatoms. The van der Waals surface area contributed by atoms with Crippen molar-refractivity contribution >= 4 is 40.9 Å². The highest BCUT2D eigenvalue weighted by Gasteiger charge is 2.21. The Morgan fingerprint density at radius 2 is 1.92 bits per heavy atom. The van der Waals surface area contributed by atoms with Crippen LogP contribution in [0.25, 0.3) is 0 Å². The molecule has 0 aliphatic carbocycles. The fourth-order valence-corrected chi connectivity index (χ4v) is 3.47. The lowest BCUT2D eigenvalue weighted by Gasteiger charge is -2.16. The smallest absolute Gasteiger partial charge is 0.319 e. The Balaban J connectivity index is 2.86. The van der Waals surface area contributed by atoms with Crippen molar-refractivity contribution in [3.8, 4) is 0 Å². The molecule has 4 nitrogen and oxygen atoms in total. The standard InChI is InChI=1S/C19H27ClFNO3S/c1-5-8-9-25-19(24)12(4)26-17-11-16(15(21)10-14(17)20)22-18(23)13(6-2)7-3/h10-13H,5-9H2,1-4H3,(H,22,23). The molecule has 0 saturated carbocycles. The summed E-state index contributed by atoms with van der Waals surface area (Å²) in [5, 5.41) is 2.33. The number of amides is 1. The maximum absolute atomic E-state index is 14.2. The molecule has 0 aliphatic rings. The van der Waals surface area contributed by atoms with E-state index in [4.69, 9.17) is 16.3 Å². The monoisotopic (exact) mass is 403 g/mol. The van der Waals surface area contributed by atoms with E-state index in [1.807, 2.05) is 20.8 Å². The maximum Gasteiger partial charge on any atom is 0.319 e. The zero-order valence-electron chi connectivity index (χ0n) is 15.7. The Kier molecular flexibility index (Phi) is 10.0. The van der Waals surface area contributed by atoms with Crippen molar-refractivity contribution < 1.29 is 18.7 Å². The quantitative estimate of drug-likeness (QED) is 0.310. The van der Waals surface area contributed by atoms with Gasteiger partial charge in [-0.3, -0.25) is 9.59 Å². The minimum Gasteiger partial charge on any atom is -0.465 e. The summed E-state index contributed by atoms with van der Waals surface area (Å²) in [5.74, 6) is -1.34. The number of rotatable bonds is 10. The zero-order valence-corrected chi connectivity index (χ0v) is 17.3. The van der Waals surface area contributed by atoms with E-state index in [9.17, 15) is 14.0 Å². The lowest BCUT2D eigenvalue weighted by Crippen LogP contribution is -2.22. The van der Waals surface area contributed by atoms with Crippen LogP contribution in [0.4, 0.5) is 10.1 Å². The minimum atomic E-state index is -0.600. The van der Waals surface area contributed by atoms with Gasteiger partial charge in [-0.15, -0.1) is 11.8 Å². The number of benzene rings is 1. The average molecular weight is 404 g/mol. The topological polar surface area (TPSA) is 55.4 Å². The van der Waals surface area contributed by atoms with Crippen LogP contribution in [0.15, 0.2) is 17.0 Å². The van der Waals surface area contributed by atoms with Crippen LogP contribution in [0.3, 0.4) is 0 Å². The highest BCUT2D eigenvalue weighted by atomic mass is 35.5. The first-order valence-electron chi connectivity index (χ1n) is 8.97. The highest BCUT2D eigenvalue weighted by Crippen LogP contribution is 2.35. The molecule has 0 radical (unpaired) electrons. The van der Waals surface area contributed by atoms with Crippen molar-refractivity contribution in [3.05, 3.63) is 23.0 Å². The van der Waals surface area contributed by atoms with Gasteiger partial charge in [0.05, 0.1) is 17.3 Å². The molecule has 146 valence electrons. The average Bonchev–Trinajstić information content (AvgIpc) is 2.60. The molecule has 1 rings (SSSR count). The van der Waals surface area contributed by atoms with Gasteiger partial charge in [-0.25, -0.2) is 4.39 Å². The third-order valence-electron chi connectivity index (χ3n) is 4.01. The van der Waals surface area contributed by atoms with Crippen molar-refractivity contribution in [1.82, 2.24) is 0 Å². The number of unbranched alkanes of at least 4 members (excludes halogenated alkanes) is 1. The van der Waals surface area contributed by atoms with Crippen LogP contribution in [0.2, 0.25) is 5.02 Å². The minimum absolute atomic E-state index is 0.0698. The van der Waals surface area contributed by atoms with Crippen LogP contribution in [0, 0.1) is 11.7 Å². The first-order valence-corrected chi connectivity index (χ1v) is 10.2. The largest absolute Gasteiger partial charge is 0.465 e. The highest BCUT2D eigenvalue weighted by molar-refractivity contribution is 8.00. The second-order valence-electron chi connectivity index (χ2n) is 6.05. The molecule has 0 fully saturated rings. The van der Waals surface area contributed by atoms with E-state index in [0.29, 0.717) is 24.3 Å². The van der Waals surface area contributed by atoms with Crippen molar-refractivity contribution in [1.29, 1.82) is 0 Å². The summed E-state index contributed by atoms with van der Waals surface area (Å²) >= 11 is 7.29. The molecule has 0 aliphatic heterocycles. The van der Waals surface area contributed by atoms with E-state index in [1.165, 1.54) is 17.8 Å². The van der Waals surface area contributed by atoms with Crippen LogP contribution in [0.1, 0.15) is 53.4 Å². The predicted octanol–water partition coefficient (Wildman–Crippen LogP) is 5.68. The van der Waals surface area contributed by atoms with E-state index < -0.39 is 11.1 Å². The summed E-state index contributed by atoms with van der Waals surface area (Å²) in [6.07, 6.45) is 3.12. The Labute approximate surface area is 164 Å². The molecule has 26 heavy (non-hydrogen) atoms. The molecule has 1 unspecified atom stereocenters. The van der Waals surface area contributed by atoms with Gasteiger partial charge in [-0.1, -0.05) is 38.8 Å². The number of anilines is 1. The molecule has 1 N–H and O–H groups in total. The number of thioether (sulfide) groups is 1. The molecule has 1 amide bonds. The summed E-state index contributed by atoms with van der Waals surface area (Å²) in [6, 6.07) is 2.62. The number of carbonyl (C=O) groups excluding carboxylic acids is 2. The first kappa shape index (κ1) is 22.8. The van der Waals surface area contributed by atoms with Gasteiger partial charge < -0.3 is 10.1 Å². The lowest BCUT2D eigenvalue weighted by molar-refractivity contribution is -0.142. The van der Waals surface area contributed by atoms with E-state index >= 15 is 0 Å². The zero-order chi connectivity index (χ0) is 19.7. The molecular formula is C19H27ClFNO3S. The normalized spacial score (nSPS) is 12.1. The lowest BCUT2D eigenvalue weighted by atomic mass is 10.0. The van der Waals surface area contributed by atoms with Gasteiger partial charge in [-0.05, 0) is 38.3 Å². The van der Waals surface area contributed by atoms with Gasteiger partial charge in [0.15, 0.2) is 0 Å². The Morgan fingerprint density at radius 1 is 1.27 bits per heavy atom. The molecule has 0 heterocycles. The molecule has 0 saturated heterocycles. The van der Waals surface area contributed by atoms with E-state index in [-0.39, 0.29) is 28.5 Å². The predicted molar refractivity (Wildman–Crippen MR) is 105 cm³/mol. The molecular weight excluding hydrogens is 377 g/mol. The van der Waals surface area contributed by atoms with Crippen LogP contribution in [0.5, 0.6) is 0 Å². The van der Waals surface area contributed by atoms with Gasteiger partial charge in [-0.2, -0.15) is 0 Å². The second-order valence-corrected chi connectivity index (χ2v) is 7.84. The van der Waals surface area contributed by atoms with Crippen molar-refractivity contribution in [2.75, 3.05) is 11.9 Å². The van der Waals surface area contributed by atoms with Gasteiger partial charge in [0.2, 0.25) is 5.91 Å². The van der Waals surface area contributed by atoms with E-state index in [0.717, 1.165) is 18.9 Å². The van der Waals surface area contributed by atoms with Gasteiger partial charge in [0.25, 0.3) is 0 Å². The summed E-state index contributed by atoms with van der Waals surface area (Å²) < 4.78 is 19.4. The molecule has 0 spiro atoms. The molecule has 0 bridgehead atoms. The van der Waals surface area contributed by atoms with Gasteiger partial charge in [0, 0.05) is 10.8 Å². The second kappa shape index (κ2) is 11.4. The Hall–Kier alpha value is -1.27. The van der Waals surface area contributed by atoms with Crippen molar-refractivity contribution in [3.63, 3.8) is 0 Å². The number of hydrogen-bond donors (Lipinski definition) is 1. The fraction of sp³-hybridized carbons (Fsp3) is 0.579. The summed E-state index contributed by atoms with van der Waals surface area (Å²) in [5.41, 5.74) is 0.0698. The number of carbonyl (C=O) groups is 2. The molecule has 1 atom stereocenters. The van der Waals surface area contributed by atoms with Crippen molar-refractivity contribution in [2.24, 2.45) is 5.92 Å². The van der Waals surface area contributed by atoms with E-state index in [1.54, 1.807) is 6.92 Å². The summed E-state index contributed by atoms with van der Waals surface area (Å²) in [7, 11) is 0. The molecule has 1 aromatic rings. The third-order valence-corrected chi connectivity index (χ3v) is 5.58. The number of esters is 1. The van der Waals surface area contributed by atoms with Crippen molar-refractivity contribution in [2.45, 2.75) is 63.5 Å². The Bertz CT molecular complexity index is 623.